The van der Waals surface area contributed by atoms with Crippen LogP contribution < -0.4 is 0 Å². The first kappa shape index (κ1) is 20.2. The van der Waals surface area contributed by atoms with E-state index in [0.29, 0.717) is 26.2 Å². The SMILES string of the molecule is C=CC(=O)Cl.C=CC(=O)N1CCN(C(=O)OC(C)(C)C)CC1. The lowest BCUT2D eigenvalue weighted by molar-refractivity contribution is -0.127. The van der Waals surface area contributed by atoms with Crippen molar-refractivity contribution in [2.45, 2.75) is 26.4 Å². The summed E-state index contributed by atoms with van der Waals surface area (Å²) in [6.45, 7) is 14.1. The number of piperazine rings is 1. The van der Waals surface area contributed by atoms with Gasteiger partial charge in [0.1, 0.15) is 5.60 Å². The smallest absolute Gasteiger partial charge is 0.410 e. The number of hydrogen-bond acceptors (Lipinski definition) is 4. The highest BCUT2D eigenvalue weighted by Gasteiger charge is 2.26. The number of allylic oxidation sites excluding steroid dienone is 1. The number of carbonyl (C=O) groups excluding carboxylic acids is 3. The van der Waals surface area contributed by atoms with E-state index in [1.807, 2.05) is 20.8 Å². The molecule has 7 heteroatoms. The summed E-state index contributed by atoms with van der Waals surface area (Å²) in [5.74, 6) is -0.0890. The summed E-state index contributed by atoms with van der Waals surface area (Å²) in [6, 6.07) is 0. The van der Waals surface area contributed by atoms with Gasteiger partial charge < -0.3 is 14.5 Å². The van der Waals surface area contributed by atoms with Gasteiger partial charge in [0.2, 0.25) is 11.1 Å². The van der Waals surface area contributed by atoms with Gasteiger partial charge in [0.25, 0.3) is 0 Å². The molecule has 22 heavy (non-hydrogen) atoms. The Morgan fingerprint density at radius 3 is 1.73 bits per heavy atom. The van der Waals surface area contributed by atoms with Gasteiger partial charge in [-0.25, -0.2) is 4.79 Å². The molecule has 0 aliphatic carbocycles. The molecule has 1 saturated heterocycles. The summed E-state index contributed by atoms with van der Waals surface area (Å²) in [6.07, 6.45) is 2.02. The Bertz CT molecular complexity index is 435. The van der Waals surface area contributed by atoms with Crippen molar-refractivity contribution in [1.29, 1.82) is 0 Å². The highest BCUT2D eigenvalue weighted by Crippen LogP contribution is 2.11. The lowest BCUT2D eigenvalue weighted by Crippen LogP contribution is -2.51. The molecule has 1 fully saturated rings. The molecule has 2 amide bonds. The minimum absolute atomic E-state index is 0.0890. The second-order valence-corrected chi connectivity index (χ2v) is 5.88. The van der Waals surface area contributed by atoms with Crippen molar-refractivity contribution in [1.82, 2.24) is 9.80 Å². The summed E-state index contributed by atoms with van der Waals surface area (Å²) in [7, 11) is 0. The molecule has 0 aromatic heterocycles. The third-order valence-electron chi connectivity index (χ3n) is 2.58. The Morgan fingerprint density at radius 2 is 1.41 bits per heavy atom. The fourth-order valence-electron chi connectivity index (χ4n) is 1.56. The van der Waals surface area contributed by atoms with Crippen LogP contribution in [0.3, 0.4) is 0 Å². The second kappa shape index (κ2) is 9.25. The Kier molecular flexibility index (Phi) is 8.48. The van der Waals surface area contributed by atoms with Gasteiger partial charge in [0.15, 0.2) is 0 Å². The van der Waals surface area contributed by atoms with Crippen molar-refractivity contribution in [2.24, 2.45) is 0 Å². The van der Waals surface area contributed by atoms with Crippen molar-refractivity contribution >= 4 is 28.8 Å². The third-order valence-corrected chi connectivity index (χ3v) is 2.73. The average molecular weight is 331 g/mol. The third kappa shape index (κ3) is 8.46. The van der Waals surface area contributed by atoms with Gasteiger partial charge in [-0.2, -0.15) is 0 Å². The summed E-state index contributed by atoms with van der Waals surface area (Å²) in [4.78, 5) is 35.8. The van der Waals surface area contributed by atoms with Crippen LogP contribution in [0.4, 0.5) is 4.79 Å². The second-order valence-electron chi connectivity index (χ2n) is 5.51. The van der Waals surface area contributed by atoms with Gasteiger partial charge >= 0.3 is 6.09 Å². The maximum Gasteiger partial charge on any atom is 0.410 e. The zero-order chi connectivity index (χ0) is 17.3. The van der Waals surface area contributed by atoms with E-state index in [1.54, 1.807) is 9.80 Å². The van der Waals surface area contributed by atoms with Crippen molar-refractivity contribution in [2.75, 3.05) is 26.2 Å². The number of amides is 2. The molecule has 1 heterocycles. The molecule has 0 spiro atoms. The first-order valence-electron chi connectivity index (χ1n) is 6.82. The molecule has 0 unspecified atom stereocenters. The molecule has 0 atom stereocenters. The van der Waals surface area contributed by atoms with Crippen molar-refractivity contribution in [3.05, 3.63) is 25.3 Å². The van der Waals surface area contributed by atoms with Crippen LogP contribution in [-0.4, -0.2) is 58.8 Å². The molecule has 0 bridgehead atoms. The quantitative estimate of drug-likeness (QED) is 0.575. The lowest BCUT2D eigenvalue weighted by atomic mass is 10.2. The minimum atomic E-state index is -0.509. The molecular formula is C15H23ClN2O4. The topological polar surface area (TPSA) is 66.9 Å². The van der Waals surface area contributed by atoms with E-state index in [1.165, 1.54) is 6.08 Å². The van der Waals surface area contributed by atoms with Gasteiger partial charge in [0, 0.05) is 26.2 Å². The number of halogens is 1. The van der Waals surface area contributed by atoms with Gasteiger partial charge in [-0.3, -0.25) is 9.59 Å². The van der Waals surface area contributed by atoms with Crippen LogP contribution in [-0.2, 0) is 14.3 Å². The van der Waals surface area contributed by atoms with Gasteiger partial charge in [-0.1, -0.05) is 13.2 Å². The largest absolute Gasteiger partial charge is 0.444 e. The van der Waals surface area contributed by atoms with E-state index in [0.717, 1.165) is 6.08 Å². The van der Waals surface area contributed by atoms with Gasteiger partial charge in [-0.05, 0) is 44.5 Å². The van der Waals surface area contributed by atoms with E-state index in [4.69, 9.17) is 16.3 Å². The number of ether oxygens (including phenoxy) is 1. The number of hydrogen-bond donors (Lipinski definition) is 0. The van der Waals surface area contributed by atoms with Crippen LogP contribution in [0.5, 0.6) is 0 Å². The van der Waals surface area contributed by atoms with Crippen LogP contribution in [0.2, 0.25) is 0 Å². The molecule has 0 aromatic rings. The fourth-order valence-corrected chi connectivity index (χ4v) is 1.56. The standard InChI is InChI=1S/C12H20N2O3.C3H3ClO/c1-5-10(15)13-6-8-14(9-7-13)11(16)17-12(2,3)4;1-2-3(4)5/h5H,1,6-9H2,2-4H3;2H,1H2. The maximum atomic E-state index is 11.7. The highest BCUT2D eigenvalue weighted by molar-refractivity contribution is 6.66. The van der Waals surface area contributed by atoms with Gasteiger partial charge in [0.05, 0.1) is 0 Å². The average Bonchev–Trinajstić information content (AvgIpc) is 2.45. The first-order chi connectivity index (χ1) is 10.1. The predicted octanol–water partition coefficient (Wildman–Crippen LogP) is 2.19. The molecule has 0 saturated carbocycles. The zero-order valence-corrected chi connectivity index (χ0v) is 14.1. The van der Waals surface area contributed by atoms with E-state index >= 15 is 0 Å². The lowest BCUT2D eigenvalue weighted by Gasteiger charge is -2.35. The molecule has 6 nitrogen and oxygen atoms in total. The van der Waals surface area contributed by atoms with Crippen LogP contribution in [0.15, 0.2) is 25.3 Å². The summed E-state index contributed by atoms with van der Waals surface area (Å²) < 4.78 is 5.26. The Morgan fingerprint density at radius 1 is 1.00 bits per heavy atom. The maximum absolute atomic E-state index is 11.7. The minimum Gasteiger partial charge on any atom is -0.444 e. The first-order valence-corrected chi connectivity index (χ1v) is 7.19. The fraction of sp³-hybridized carbons (Fsp3) is 0.533. The molecule has 1 aliphatic heterocycles. The van der Waals surface area contributed by atoms with E-state index < -0.39 is 10.8 Å². The normalized spacial score (nSPS) is 14.4. The monoisotopic (exact) mass is 330 g/mol. The molecule has 124 valence electrons. The zero-order valence-electron chi connectivity index (χ0n) is 13.3. The van der Waals surface area contributed by atoms with E-state index in [-0.39, 0.29) is 12.0 Å². The van der Waals surface area contributed by atoms with Crippen molar-refractivity contribution in [3.8, 4) is 0 Å². The summed E-state index contributed by atoms with van der Waals surface area (Å²) >= 11 is 4.71. The molecule has 1 rings (SSSR count). The molecule has 0 radical (unpaired) electrons. The van der Waals surface area contributed by atoms with Crippen LogP contribution >= 0.6 is 11.6 Å². The summed E-state index contributed by atoms with van der Waals surface area (Å²) in [5.41, 5.74) is -0.481. The molecule has 1 aliphatic rings. The molecular weight excluding hydrogens is 308 g/mol. The van der Waals surface area contributed by atoms with Crippen molar-refractivity contribution < 1.29 is 19.1 Å². The number of carbonyl (C=O) groups is 3. The van der Waals surface area contributed by atoms with Crippen LogP contribution in [0, 0.1) is 0 Å². The molecule has 0 N–H and O–H groups in total. The Hall–Kier alpha value is -1.82. The Labute approximate surface area is 136 Å². The van der Waals surface area contributed by atoms with Crippen LogP contribution in [0.1, 0.15) is 20.8 Å². The Balaban J connectivity index is 0.000000763. The van der Waals surface area contributed by atoms with Crippen molar-refractivity contribution in [3.63, 3.8) is 0 Å². The summed E-state index contributed by atoms with van der Waals surface area (Å²) in [5, 5.41) is -0.509. The number of nitrogens with zero attached hydrogens (tertiary/aromatic N) is 2. The number of rotatable bonds is 2. The highest BCUT2D eigenvalue weighted by atomic mass is 35.5. The molecule has 0 aromatic carbocycles. The van der Waals surface area contributed by atoms with E-state index in [2.05, 4.69) is 13.2 Å². The van der Waals surface area contributed by atoms with Crippen LogP contribution in [0.25, 0.3) is 0 Å². The predicted molar refractivity (Wildman–Crippen MR) is 85.6 cm³/mol. The van der Waals surface area contributed by atoms with Gasteiger partial charge in [-0.15, -0.1) is 0 Å². The van der Waals surface area contributed by atoms with E-state index in [9.17, 15) is 14.4 Å².